The maximum Gasteiger partial charge on any atom is 0.339 e. The Hall–Kier alpha value is -1.71. The van der Waals surface area contributed by atoms with Crippen molar-refractivity contribution in [2.75, 3.05) is 6.61 Å². The highest BCUT2D eigenvalue weighted by molar-refractivity contribution is 5.91. The van der Waals surface area contributed by atoms with Crippen molar-refractivity contribution in [1.29, 1.82) is 0 Å². The van der Waals surface area contributed by atoms with Gasteiger partial charge < -0.3 is 14.9 Å². The molecule has 2 N–H and O–H groups in total. The standard InChI is InChI=1S/C25H42O4/c1-2-3-4-5-6-7-8-9-10-11-12-13-14-15-16-17-20-29-22-18-19-24(26)23(21-22)25(27)28/h18-19,21,26H,2-17,20H2,1H3,(H,27,28). The Balaban J connectivity index is 1.86. The lowest BCUT2D eigenvalue weighted by atomic mass is 10.0. The molecule has 29 heavy (non-hydrogen) atoms. The normalized spacial score (nSPS) is 10.9. The van der Waals surface area contributed by atoms with Crippen LogP contribution in [0.25, 0.3) is 0 Å². The number of hydrogen-bond donors (Lipinski definition) is 2. The minimum atomic E-state index is -1.14. The maximum absolute atomic E-state index is 11.0. The fraction of sp³-hybridized carbons (Fsp3) is 0.720. The lowest BCUT2D eigenvalue weighted by Crippen LogP contribution is -2.01. The number of aromatic carboxylic acids is 1. The van der Waals surface area contributed by atoms with Crippen molar-refractivity contribution >= 4 is 5.97 Å². The van der Waals surface area contributed by atoms with Gasteiger partial charge in [-0.2, -0.15) is 0 Å². The number of carbonyl (C=O) groups is 1. The smallest absolute Gasteiger partial charge is 0.339 e. The number of phenols is 1. The maximum atomic E-state index is 11.0. The SMILES string of the molecule is CCCCCCCCCCCCCCCCCCOc1ccc(O)c(C(=O)O)c1. The quantitative estimate of drug-likeness (QED) is 0.231. The van der Waals surface area contributed by atoms with E-state index in [1.54, 1.807) is 6.07 Å². The van der Waals surface area contributed by atoms with Gasteiger partial charge in [-0.25, -0.2) is 4.79 Å². The van der Waals surface area contributed by atoms with Crippen LogP contribution in [0.5, 0.6) is 11.5 Å². The highest BCUT2D eigenvalue weighted by Gasteiger charge is 2.10. The molecule has 0 amide bonds. The molecular formula is C25H42O4. The number of benzene rings is 1. The van der Waals surface area contributed by atoms with Crippen molar-refractivity contribution < 1.29 is 19.7 Å². The third kappa shape index (κ3) is 13.2. The average molecular weight is 407 g/mol. The number of ether oxygens (including phenoxy) is 1. The van der Waals surface area contributed by atoms with Crippen LogP contribution in [0.15, 0.2) is 18.2 Å². The second-order valence-electron chi connectivity index (χ2n) is 8.14. The fourth-order valence-electron chi connectivity index (χ4n) is 3.62. The minimum absolute atomic E-state index is 0.116. The molecular weight excluding hydrogens is 364 g/mol. The van der Waals surface area contributed by atoms with Crippen LogP contribution < -0.4 is 4.74 Å². The fourth-order valence-corrected chi connectivity index (χ4v) is 3.62. The van der Waals surface area contributed by atoms with Gasteiger partial charge in [0.25, 0.3) is 0 Å². The van der Waals surface area contributed by atoms with Crippen LogP contribution in [0.4, 0.5) is 0 Å². The van der Waals surface area contributed by atoms with Crippen LogP contribution in [0, 0.1) is 0 Å². The van der Waals surface area contributed by atoms with Crippen LogP contribution in [0.1, 0.15) is 120 Å². The van der Waals surface area contributed by atoms with E-state index in [1.807, 2.05) is 0 Å². The Morgan fingerprint density at radius 1 is 0.759 bits per heavy atom. The summed E-state index contributed by atoms with van der Waals surface area (Å²) in [5.74, 6) is -0.872. The second-order valence-corrected chi connectivity index (χ2v) is 8.14. The van der Waals surface area contributed by atoms with Gasteiger partial charge in [0.15, 0.2) is 0 Å². The lowest BCUT2D eigenvalue weighted by molar-refractivity contribution is 0.0693. The molecule has 4 heteroatoms. The van der Waals surface area contributed by atoms with Gasteiger partial charge in [-0.05, 0) is 24.6 Å². The minimum Gasteiger partial charge on any atom is -0.507 e. The lowest BCUT2D eigenvalue weighted by Gasteiger charge is -2.08. The summed E-state index contributed by atoms with van der Waals surface area (Å²) in [5, 5.41) is 18.5. The van der Waals surface area contributed by atoms with Crippen molar-refractivity contribution in [2.45, 2.75) is 110 Å². The van der Waals surface area contributed by atoms with E-state index in [1.165, 1.54) is 102 Å². The Morgan fingerprint density at radius 2 is 1.21 bits per heavy atom. The summed E-state index contributed by atoms with van der Waals surface area (Å²) < 4.78 is 5.60. The monoisotopic (exact) mass is 406 g/mol. The van der Waals surface area contributed by atoms with Crippen molar-refractivity contribution in [2.24, 2.45) is 0 Å². The van der Waals surface area contributed by atoms with E-state index >= 15 is 0 Å². The summed E-state index contributed by atoms with van der Waals surface area (Å²) in [7, 11) is 0. The number of unbranched alkanes of at least 4 members (excludes halogenated alkanes) is 15. The Labute approximate surface area is 177 Å². The third-order valence-electron chi connectivity index (χ3n) is 5.47. The zero-order valence-corrected chi connectivity index (χ0v) is 18.5. The molecule has 1 rings (SSSR count). The number of carboxylic acids is 1. The number of carboxylic acid groups (broad SMARTS) is 1. The molecule has 0 bridgehead atoms. The third-order valence-corrected chi connectivity index (χ3v) is 5.47. The molecule has 166 valence electrons. The average Bonchev–Trinajstić information content (AvgIpc) is 2.71. The van der Waals surface area contributed by atoms with Crippen molar-refractivity contribution in [1.82, 2.24) is 0 Å². The predicted molar refractivity (Wildman–Crippen MR) is 120 cm³/mol. The molecule has 0 unspecified atom stereocenters. The van der Waals surface area contributed by atoms with Crippen LogP contribution in [-0.4, -0.2) is 22.8 Å². The van der Waals surface area contributed by atoms with Crippen molar-refractivity contribution in [3.05, 3.63) is 23.8 Å². The molecule has 0 spiro atoms. The molecule has 1 aromatic carbocycles. The number of rotatable bonds is 19. The zero-order valence-electron chi connectivity index (χ0n) is 18.5. The van der Waals surface area contributed by atoms with Gasteiger partial charge in [0, 0.05) is 0 Å². The molecule has 0 aromatic heterocycles. The summed E-state index contributed by atoms with van der Waals surface area (Å²) in [6.07, 6.45) is 21.4. The Morgan fingerprint density at radius 3 is 1.66 bits per heavy atom. The van der Waals surface area contributed by atoms with Gasteiger partial charge in [-0.3, -0.25) is 0 Å². The zero-order chi connectivity index (χ0) is 21.2. The first-order chi connectivity index (χ1) is 14.1. The summed E-state index contributed by atoms with van der Waals surface area (Å²) in [4.78, 5) is 11.0. The summed E-state index contributed by atoms with van der Waals surface area (Å²) in [6.45, 7) is 2.86. The topological polar surface area (TPSA) is 66.8 Å². The van der Waals surface area contributed by atoms with E-state index in [0.29, 0.717) is 12.4 Å². The van der Waals surface area contributed by atoms with E-state index in [9.17, 15) is 9.90 Å². The molecule has 0 aliphatic rings. The molecule has 0 atom stereocenters. The molecule has 0 radical (unpaired) electrons. The molecule has 0 aliphatic carbocycles. The Bertz CT molecular complexity index is 542. The van der Waals surface area contributed by atoms with Crippen LogP contribution in [0.2, 0.25) is 0 Å². The van der Waals surface area contributed by atoms with Crippen molar-refractivity contribution in [3.8, 4) is 11.5 Å². The van der Waals surface area contributed by atoms with E-state index in [2.05, 4.69) is 6.92 Å². The predicted octanol–water partition coefficient (Wildman–Crippen LogP) is 7.73. The van der Waals surface area contributed by atoms with E-state index < -0.39 is 5.97 Å². The van der Waals surface area contributed by atoms with Gasteiger partial charge >= 0.3 is 5.97 Å². The molecule has 0 fully saturated rings. The van der Waals surface area contributed by atoms with Gasteiger partial charge in [0.1, 0.15) is 17.1 Å². The Kier molecular flexibility index (Phi) is 15.0. The van der Waals surface area contributed by atoms with Crippen LogP contribution in [-0.2, 0) is 0 Å². The molecule has 0 heterocycles. The molecule has 1 aromatic rings. The molecule has 0 aliphatic heterocycles. The van der Waals surface area contributed by atoms with Crippen molar-refractivity contribution in [3.63, 3.8) is 0 Å². The number of aromatic hydroxyl groups is 1. The van der Waals surface area contributed by atoms with Gasteiger partial charge in [-0.1, -0.05) is 103 Å². The van der Waals surface area contributed by atoms with Gasteiger partial charge in [0.05, 0.1) is 6.61 Å². The first-order valence-corrected chi connectivity index (χ1v) is 11.8. The van der Waals surface area contributed by atoms with E-state index in [4.69, 9.17) is 9.84 Å². The molecule has 4 nitrogen and oxygen atoms in total. The largest absolute Gasteiger partial charge is 0.507 e. The summed E-state index contributed by atoms with van der Waals surface area (Å²) in [6, 6.07) is 4.35. The number of hydrogen-bond acceptors (Lipinski definition) is 3. The van der Waals surface area contributed by atoms with Crippen LogP contribution >= 0.6 is 0 Å². The first-order valence-electron chi connectivity index (χ1n) is 11.8. The highest BCUT2D eigenvalue weighted by atomic mass is 16.5. The van der Waals surface area contributed by atoms with Gasteiger partial charge in [0.2, 0.25) is 0 Å². The summed E-state index contributed by atoms with van der Waals surface area (Å²) >= 11 is 0. The second kappa shape index (κ2) is 17.2. The van der Waals surface area contributed by atoms with E-state index in [0.717, 1.165) is 12.8 Å². The first kappa shape index (κ1) is 25.3. The highest BCUT2D eigenvalue weighted by Crippen LogP contribution is 2.23. The van der Waals surface area contributed by atoms with E-state index in [-0.39, 0.29) is 11.3 Å². The summed E-state index contributed by atoms with van der Waals surface area (Å²) in [5.41, 5.74) is -0.116. The molecule has 0 saturated heterocycles. The molecule has 0 saturated carbocycles. The van der Waals surface area contributed by atoms with Gasteiger partial charge in [-0.15, -0.1) is 0 Å². The van der Waals surface area contributed by atoms with Crippen LogP contribution in [0.3, 0.4) is 0 Å².